The number of halogens is 2. The van der Waals surface area contributed by atoms with E-state index in [1.54, 1.807) is 23.1 Å². The lowest BCUT2D eigenvalue weighted by atomic mass is 10.3. The van der Waals surface area contributed by atoms with E-state index in [9.17, 15) is 9.59 Å². The molecule has 0 aliphatic carbocycles. The first-order valence-corrected chi connectivity index (χ1v) is 8.40. The van der Waals surface area contributed by atoms with Gasteiger partial charge in [0, 0.05) is 30.7 Å². The Kier molecular flexibility index (Phi) is 7.10. The maximum absolute atomic E-state index is 11.9. The maximum Gasteiger partial charge on any atom is 0.258 e. The molecule has 0 unspecified atom stereocenters. The van der Waals surface area contributed by atoms with Crippen LogP contribution in [0.1, 0.15) is 6.92 Å². The topological polar surface area (TPSA) is 58.6 Å². The Bertz CT molecular complexity index is 738. The molecule has 7 heteroatoms. The number of hydrogen-bond acceptors (Lipinski definition) is 3. The Labute approximate surface area is 156 Å². The van der Waals surface area contributed by atoms with Crippen molar-refractivity contribution in [2.45, 2.75) is 6.92 Å². The van der Waals surface area contributed by atoms with E-state index in [0.29, 0.717) is 28.9 Å². The van der Waals surface area contributed by atoms with Gasteiger partial charge in [0.2, 0.25) is 5.91 Å². The van der Waals surface area contributed by atoms with Gasteiger partial charge in [-0.25, -0.2) is 0 Å². The molecular formula is C18H18Cl2N2O3. The van der Waals surface area contributed by atoms with Crippen LogP contribution in [-0.4, -0.2) is 31.5 Å². The zero-order chi connectivity index (χ0) is 18.2. The largest absolute Gasteiger partial charge is 0.482 e. The Morgan fingerprint density at radius 3 is 2.48 bits per heavy atom. The van der Waals surface area contributed by atoms with Crippen LogP contribution in [-0.2, 0) is 9.59 Å². The van der Waals surface area contributed by atoms with E-state index in [0.717, 1.165) is 5.69 Å². The predicted molar refractivity (Wildman–Crippen MR) is 99.4 cm³/mol. The molecule has 132 valence electrons. The van der Waals surface area contributed by atoms with Crippen LogP contribution in [0.15, 0.2) is 48.5 Å². The second kappa shape index (κ2) is 9.30. The highest BCUT2D eigenvalue weighted by Gasteiger charge is 2.12. The number of anilines is 1. The Morgan fingerprint density at radius 2 is 1.84 bits per heavy atom. The van der Waals surface area contributed by atoms with Crippen LogP contribution in [0.25, 0.3) is 0 Å². The molecule has 2 aromatic rings. The van der Waals surface area contributed by atoms with Crippen LogP contribution in [0.2, 0.25) is 10.0 Å². The number of para-hydroxylation sites is 1. The molecule has 5 nitrogen and oxygen atoms in total. The number of amides is 2. The minimum Gasteiger partial charge on any atom is -0.482 e. The zero-order valence-electron chi connectivity index (χ0n) is 13.7. The van der Waals surface area contributed by atoms with Crippen molar-refractivity contribution < 1.29 is 14.3 Å². The molecule has 0 aliphatic heterocycles. The van der Waals surface area contributed by atoms with E-state index >= 15 is 0 Å². The van der Waals surface area contributed by atoms with Gasteiger partial charge >= 0.3 is 0 Å². The normalized spacial score (nSPS) is 10.2. The highest BCUT2D eigenvalue weighted by Crippen LogP contribution is 2.27. The van der Waals surface area contributed by atoms with E-state index in [4.69, 9.17) is 27.9 Å². The molecule has 0 radical (unpaired) electrons. The molecule has 2 amide bonds. The monoisotopic (exact) mass is 380 g/mol. The molecule has 0 fully saturated rings. The van der Waals surface area contributed by atoms with Crippen LogP contribution in [0.5, 0.6) is 5.75 Å². The fourth-order valence-corrected chi connectivity index (χ4v) is 2.63. The third kappa shape index (κ3) is 5.96. The van der Waals surface area contributed by atoms with Gasteiger partial charge in [0.1, 0.15) is 5.75 Å². The summed E-state index contributed by atoms with van der Waals surface area (Å²) in [5.74, 6) is -0.0110. The van der Waals surface area contributed by atoms with Crippen LogP contribution in [0.3, 0.4) is 0 Å². The molecule has 0 aliphatic rings. The van der Waals surface area contributed by atoms with Gasteiger partial charge in [-0.15, -0.1) is 0 Å². The molecule has 0 spiro atoms. The van der Waals surface area contributed by atoms with Crippen LogP contribution < -0.4 is 15.0 Å². The minimum atomic E-state index is -0.303. The number of hydrogen-bond donors (Lipinski definition) is 1. The predicted octanol–water partition coefficient (Wildman–Crippen LogP) is 3.54. The molecule has 2 rings (SSSR count). The van der Waals surface area contributed by atoms with E-state index in [1.807, 2.05) is 30.3 Å². The molecule has 0 bridgehead atoms. The Hall–Kier alpha value is -2.24. The van der Waals surface area contributed by atoms with E-state index in [1.165, 1.54) is 6.92 Å². The maximum atomic E-state index is 11.9. The highest BCUT2D eigenvalue weighted by atomic mass is 35.5. The summed E-state index contributed by atoms with van der Waals surface area (Å²) in [4.78, 5) is 25.2. The first-order valence-electron chi connectivity index (χ1n) is 7.65. The minimum absolute atomic E-state index is 0.0929. The van der Waals surface area contributed by atoms with Crippen LogP contribution in [0.4, 0.5) is 5.69 Å². The van der Waals surface area contributed by atoms with Gasteiger partial charge in [0.05, 0.1) is 5.02 Å². The van der Waals surface area contributed by atoms with Crippen molar-refractivity contribution in [1.82, 2.24) is 5.32 Å². The molecule has 0 saturated carbocycles. The number of nitrogens with zero attached hydrogens (tertiary/aromatic N) is 1. The fourth-order valence-electron chi connectivity index (χ4n) is 2.17. The van der Waals surface area contributed by atoms with Gasteiger partial charge in [-0.3, -0.25) is 9.59 Å². The first kappa shape index (κ1) is 19.1. The SMILES string of the molecule is CC(=O)N(CCNC(=O)COc1ccc(Cl)cc1Cl)c1ccccc1. The molecule has 0 atom stereocenters. The Morgan fingerprint density at radius 1 is 1.12 bits per heavy atom. The highest BCUT2D eigenvalue weighted by molar-refractivity contribution is 6.35. The lowest BCUT2D eigenvalue weighted by Crippen LogP contribution is -2.39. The average molecular weight is 381 g/mol. The van der Waals surface area contributed by atoms with Gasteiger partial charge < -0.3 is 15.0 Å². The summed E-state index contributed by atoms with van der Waals surface area (Å²) in [6.45, 7) is 1.99. The summed E-state index contributed by atoms with van der Waals surface area (Å²) in [6, 6.07) is 14.0. The second-order valence-electron chi connectivity index (χ2n) is 5.22. The number of nitrogens with one attached hydrogen (secondary N) is 1. The number of carbonyl (C=O) groups is 2. The van der Waals surface area contributed by atoms with Crippen LogP contribution >= 0.6 is 23.2 Å². The Balaban J connectivity index is 1.80. The van der Waals surface area contributed by atoms with Crippen molar-refractivity contribution in [3.05, 3.63) is 58.6 Å². The van der Waals surface area contributed by atoms with Gasteiger partial charge in [-0.1, -0.05) is 41.4 Å². The summed E-state index contributed by atoms with van der Waals surface area (Å²) >= 11 is 11.8. The molecule has 0 heterocycles. The molecule has 1 N–H and O–H groups in total. The van der Waals surface area contributed by atoms with Crippen LogP contribution in [0, 0.1) is 0 Å². The first-order chi connectivity index (χ1) is 12.0. The second-order valence-corrected chi connectivity index (χ2v) is 6.06. The van der Waals surface area contributed by atoms with Gasteiger partial charge in [0.25, 0.3) is 5.91 Å². The summed E-state index contributed by atoms with van der Waals surface area (Å²) in [7, 11) is 0. The average Bonchev–Trinajstić information content (AvgIpc) is 2.58. The van der Waals surface area contributed by atoms with Gasteiger partial charge in [-0.05, 0) is 30.3 Å². The van der Waals surface area contributed by atoms with Crippen molar-refractivity contribution >= 4 is 40.7 Å². The number of rotatable bonds is 7. The smallest absolute Gasteiger partial charge is 0.258 e. The van der Waals surface area contributed by atoms with E-state index in [2.05, 4.69) is 5.32 Å². The number of carbonyl (C=O) groups excluding carboxylic acids is 2. The summed E-state index contributed by atoms with van der Waals surface area (Å²) in [5.41, 5.74) is 0.786. The summed E-state index contributed by atoms with van der Waals surface area (Å²) in [6.07, 6.45) is 0. The van der Waals surface area contributed by atoms with Gasteiger partial charge in [0.15, 0.2) is 6.61 Å². The third-order valence-electron chi connectivity index (χ3n) is 3.36. The van der Waals surface area contributed by atoms with E-state index < -0.39 is 0 Å². The zero-order valence-corrected chi connectivity index (χ0v) is 15.2. The van der Waals surface area contributed by atoms with Crippen molar-refractivity contribution in [2.75, 3.05) is 24.6 Å². The molecule has 0 saturated heterocycles. The summed E-state index contributed by atoms with van der Waals surface area (Å²) < 4.78 is 5.36. The van der Waals surface area contributed by atoms with Gasteiger partial charge in [-0.2, -0.15) is 0 Å². The number of benzene rings is 2. The fraction of sp³-hybridized carbons (Fsp3) is 0.222. The summed E-state index contributed by atoms with van der Waals surface area (Å²) in [5, 5.41) is 3.54. The lowest BCUT2D eigenvalue weighted by molar-refractivity contribution is -0.123. The van der Waals surface area contributed by atoms with Crippen molar-refractivity contribution in [3.8, 4) is 5.75 Å². The number of ether oxygens (including phenoxy) is 1. The third-order valence-corrected chi connectivity index (χ3v) is 3.89. The molecule has 0 aromatic heterocycles. The molecule has 25 heavy (non-hydrogen) atoms. The molecular weight excluding hydrogens is 363 g/mol. The van der Waals surface area contributed by atoms with Crippen molar-refractivity contribution in [2.24, 2.45) is 0 Å². The standard InChI is InChI=1S/C18H18Cl2N2O3/c1-13(23)22(15-5-3-2-4-6-15)10-9-21-18(24)12-25-17-8-7-14(19)11-16(17)20/h2-8,11H,9-10,12H2,1H3,(H,21,24). The van der Waals surface area contributed by atoms with Crippen molar-refractivity contribution in [1.29, 1.82) is 0 Å². The quantitative estimate of drug-likeness (QED) is 0.798. The molecule has 2 aromatic carbocycles. The lowest BCUT2D eigenvalue weighted by Gasteiger charge is -2.21. The van der Waals surface area contributed by atoms with E-state index in [-0.39, 0.29) is 18.4 Å². The van der Waals surface area contributed by atoms with Crippen molar-refractivity contribution in [3.63, 3.8) is 0 Å².